The highest BCUT2D eigenvalue weighted by atomic mass is 19.1. The Morgan fingerprint density at radius 3 is 2.67 bits per heavy atom. The van der Waals surface area contributed by atoms with Gasteiger partial charge in [-0.3, -0.25) is 0 Å². The summed E-state index contributed by atoms with van der Waals surface area (Å²) in [5, 5.41) is 3.93. The molecule has 1 aromatic heterocycles. The Morgan fingerprint density at radius 2 is 2.07 bits per heavy atom. The molecule has 0 amide bonds. The summed E-state index contributed by atoms with van der Waals surface area (Å²) in [6.45, 7) is 1.83. The quantitative estimate of drug-likeness (QED) is 0.730. The van der Waals surface area contributed by atoms with Crippen molar-refractivity contribution in [2.45, 2.75) is 6.92 Å². The summed E-state index contributed by atoms with van der Waals surface area (Å²) >= 11 is 0. The average Bonchev–Trinajstić information content (AvgIpc) is 2.58. The molecule has 3 nitrogen and oxygen atoms in total. The Hall–Kier alpha value is -1.91. The van der Waals surface area contributed by atoms with Crippen molar-refractivity contribution in [1.29, 1.82) is 0 Å². The van der Waals surface area contributed by atoms with Crippen LogP contribution in [0.25, 0.3) is 5.69 Å². The zero-order chi connectivity index (χ0) is 11.0. The maximum absolute atomic E-state index is 13.1. The van der Waals surface area contributed by atoms with E-state index < -0.39 is 11.6 Å². The van der Waals surface area contributed by atoms with E-state index in [0.717, 1.165) is 17.7 Å². The van der Waals surface area contributed by atoms with E-state index in [2.05, 4.69) is 5.10 Å². The van der Waals surface area contributed by atoms with Gasteiger partial charge < -0.3 is 5.73 Å². The number of aromatic nitrogens is 2. The lowest BCUT2D eigenvalue weighted by molar-refractivity contribution is 0.583. The second kappa shape index (κ2) is 3.34. The Morgan fingerprint density at radius 1 is 1.33 bits per heavy atom. The summed E-state index contributed by atoms with van der Waals surface area (Å²) in [6, 6.07) is 1.89. The molecule has 0 fully saturated rings. The van der Waals surface area contributed by atoms with E-state index in [0.29, 0.717) is 0 Å². The zero-order valence-electron chi connectivity index (χ0n) is 8.04. The third kappa shape index (κ3) is 1.68. The first-order valence-corrected chi connectivity index (χ1v) is 4.34. The van der Waals surface area contributed by atoms with Crippen LogP contribution in [-0.2, 0) is 0 Å². The molecule has 78 valence electrons. The number of benzene rings is 1. The molecular formula is C10H9F2N3. The Labute approximate surface area is 85.1 Å². The Kier molecular flexibility index (Phi) is 2.15. The molecule has 0 unspecified atom stereocenters. The molecule has 0 saturated carbocycles. The largest absolute Gasteiger partial charge is 0.395 e. The van der Waals surface area contributed by atoms with Crippen molar-refractivity contribution in [2.75, 3.05) is 5.73 Å². The summed E-state index contributed by atoms with van der Waals surface area (Å²) in [7, 11) is 0. The van der Waals surface area contributed by atoms with Crippen molar-refractivity contribution < 1.29 is 8.78 Å². The number of hydrogen-bond acceptors (Lipinski definition) is 2. The molecule has 0 spiro atoms. The number of anilines is 1. The Balaban J connectivity index is 2.62. The molecule has 2 rings (SSSR count). The summed E-state index contributed by atoms with van der Waals surface area (Å²) in [6.07, 6.45) is 3.23. The first-order chi connectivity index (χ1) is 7.08. The van der Waals surface area contributed by atoms with E-state index in [4.69, 9.17) is 5.73 Å². The normalized spacial score (nSPS) is 10.6. The molecule has 0 atom stereocenters. The average molecular weight is 209 g/mol. The molecule has 0 saturated heterocycles. The van der Waals surface area contributed by atoms with Crippen molar-refractivity contribution in [3.8, 4) is 5.69 Å². The lowest BCUT2D eigenvalue weighted by Gasteiger charge is -2.06. The maximum Gasteiger partial charge on any atom is 0.151 e. The fourth-order valence-corrected chi connectivity index (χ4v) is 1.31. The third-order valence-corrected chi connectivity index (χ3v) is 2.03. The van der Waals surface area contributed by atoms with Gasteiger partial charge in [0.2, 0.25) is 0 Å². The van der Waals surface area contributed by atoms with E-state index in [1.54, 1.807) is 12.4 Å². The van der Waals surface area contributed by atoms with E-state index in [1.807, 2.05) is 6.92 Å². The molecule has 1 aromatic carbocycles. The molecule has 1 heterocycles. The van der Waals surface area contributed by atoms with Crippen LogP contribution >= 0.6 is 0 Å². The van der Waals surface area contributed by atoms with Gasteiger partial charge in [-0.05, 0) is 12.5 Å². The number of nitrogen functional groups attached to an aromatic ring is 1. The van der Waals surface area contributed by atoms with Crippen molar-refractivity contribution in [1.82, 2.24) is 9.78 Å². The predicted octanol–water partition coefficient (Wildman–Crippen LogP) is 2.04. The van der Waals surface area contributed by atoms with Gasteiger partial charge in [0, 0.05) is 18.3 Å². The Bertz CT molecular complexity index is 505. The number of nitrogens with two attached hydrogens (primary N) is 1. The molecule has 0 aliphatic rings. The van der Waals surface area contributed by atoms with Gasteiger partial charge in [-0.15, -0.1) is 0 Å². The minimum Gasteiger partial charge on any atom is -0.395 e. The van der Waals surface area contributed by atoms with Crippen molar-refractivity contribution in [3.05, 3.63) is 41.7 Å². The van der Waals surface area contributed by atoms with Gasteiger partial charge in [-0.1, -0.05) is 0 Å². The highest BCUT2D eigenvalue weighted by Gasteiger charge is 2.10. The van der Waals surface area contributed by atoms with Crippen molar-refractivity contribution in [3.63, 3.8) is 0 Å². The highest BCUT2D eigenvalue weighted by molar-refractivity contribution is 5.58. The first kappa shape index (κ1) is 9.64. The van der Waals surface area contributed by atoms with Crippen molar-refractivity contribution >= 4 is 5.69 Å². The third-order valence-electron chi connectivity index (χ3n) is 2.03. The van der Waals surface area contributed by atoms with E-state index >= 15 is 0 Å². The van der Waals surface area contributed by atoms with Crippen LogP contribution in [0.15, 0.2) is 24.5 Å². The molecule has 5 heteroatoms. The summed E-state index contributed by atoms with van der Waals surface area (Å²) in [5.74, 6) is -1.46. The minimum atomic E-state index is -0.779. The lowest BCUT2D eigenvalue weighted by Crippen LogP contribution is -2.03. The summed E-state index contributed by atoms with van der Waals surface area (Å²) < 4.78 is 27.4. The molecule has 0 radical (unpaired) electrons. The summed E-state index contributed by atoms with van der Waals surface area (Å²) in [4.78, 5) is 0. The van der Waals surface area contributed by atoms with Crippen LogP contribution in [0.1, 0.15) is 5.56 Å². The lowest BCUT2D eigenvalue weighted by atomic mass is 10.2. The number of halogens is 2. The molecule has 15 heavy (non-hydrogen) atoms. The van der Waals surface area contributed by atoms with Crippen molar-refractivity contribution in [2.24, 2.45) is 0 Å². The number of hydrogen-bond donors (Lipinski definition) is 1. The van der Waals surface area contributed by atoms with Gasteiger partial charge in [-0.25, -0.2) is 13.5 Å². The fourth-order valence-electron chi connectivity index (χ4n) is 1.31. The summed E-state index contributed by atoms with van der Waals surface area (Å²) in [5.41, 5.74) is 6.48. The smallest absolute Gasteiger partial charge is 0.151 e. The second-order valence-electron chi connectivity index (χ2n) is 3.28. The second-order valence-corrected chi connectivity index (χ2v) is 3.28. The number of aryl methyl sites for hydroxylation is 1. The van der Waals surface area contributed by atoms with Crippen LogP contribution < -0.4 is 5.73 Å². The van der Waals surface area contributed by atoms with Crippen LogP contribution in [0, 0.1) is 18.6 Å². The molecule has 2 aromatic rings. The zero-order valence-corrected chi connectivity index (χ0v) is 8.04. The van der Waals surface area contributed by atoms with Crippen LogP contribution in [0.2, 0.25) is 0 Å². The van der Waals surface area contributed by atoms with Crippen LogP contribution in [0.5, 0.6) is 0 Å². The first-order valence-electron chi connectivity index (χ1n) is 4.34. The minimum absolute atomic E-state index is 0.112. The number of nitrogens with zero attached hydrogens (tertiary/aromatic N) is 2. The monoisotopic (exact) mass is 209 g/mol. The van der Waals surface area contributed by atoms with Gasteiger partial charge >= 0.3 is 0 Å². The molecule has 2 N–H and O–H groups in total. The predicted molar refractivity (Wildman–Crippen MR) is 52.6 cm³/mol. The van der Waals surface area contributed by atoms with E-state index in [9.17, 15) is 8.78 Å². The van der Waals surface area contributed by atoms with Crippen LogP contribution in [-0.4, -0.2) is 9.78 Å². The van der Waals surface area contributed by atoms with Gasteiger partial charge in [0.25, 0.3) is 0 Å². The van der Waals surface area contributed by atoms with E-state index in [1.165, 1.54) is 4.68 Å². The standard InChI is InChI=1S/C10H9F2N3/c1-6-4-14-15(5-6)9-3-7(11)2-8(12)10(9)13/h2-5H,13H2,1H3. The fraction of sp³-hybridized carbons (Fsp3) is 0.100. The molecular weight excluding hydrogens is 200 g/mol. The molecule has 0 aliphatic heterocycles. The van der Waals surface area contributed by atoms with Gasteiger partial charge in [-0.2, -0.15) is 5.10 Å². The highest BCUT2D eigenvalue weighted by Crippen LogP contribution is 2.21. The van der Waals surface area contributed by atoms with E-state index in [-0.39, 0.29) is 11.4 Å². The van der Waals surface area contributed by atoms with Crippen LogP contribution in [0.4, 0.5) is 14.5 Å². The molecule has 0 bridgehead atoms. The maximum atomic E-state index is 13.1. The van der Waals surface area contributed by atoms with Gasteiger partial charge in [0.1, 0.15) is 5.82 Å². The van der Waals surface area contributed by atoms with Gasteiger partial charge in [0.05, 0.1) is 17.6 Å². The molecule has 0 aliphatic carbocycles. The van der Waals surface area contributed by atoms with Crippen LogP contribution in [0.3, 0.4) is 0 Å². The van der Waals surface area contributed by atoms with Gasteiger partial charge in [0.15, 0.2) is 5.82 Å². The topological polar surface area (TPSA) is 43.8 Å². The number of rotatable bonds is 1. The SMILES string of the molecule is Cc1cnn(-c2cc(F)cc(F)c2N)c1.